The second kappa shape index (κ2) is 6.85. The molecule has 4 heteroatoms. The number of hydrogen-bond acceptors (Lipinski definition) is 2. The molecule has 0 fully saturated rings. The summed E-state index contributed by atoms with van der Waals surface area (Å²) in [7, 11) is 1.65. The summed E-state index contributed by atoms with van der Waals surface area (Å²) in [4.78, 5) is 4.24. The molecule has 0 heterocycles. The summed E-state index contributed by atoms with van der Waals surface area (Å²) in [6.07, 6.45) is 0. The number of benzene rings is 1. The first-order chi connectivity index (χ1) is 7.72. The monoisotopic (exact) mass is 221 g/mol. The maximum Gasteiger partial charge on any atom is 0.188 e. The third-order valence-corrected chi connectivity index (χ3v) is 2.13. The lowest BCUT2D eigenvalue weighted by Crippen LogP contribution is -2.34. The van der Waals surface area contributed by atoms with Crippen LogP contribution in [-0.2, 0) is 11.3 Å². The molecule has 0 saturated heterocycles. The van der Waals surface area contributed by atoms with Gasteiger partial charge in [0.2, 0.25) is 0 Å². The molecule has 1 aromatic carbocycles. The van der Waals surface area contributed by atoms with Crippen LogP contribution in [0.2, 0.25) is 0 Å². The van der Waals surface area contributed by atoms with Crippen LogP contribution in [0, 0.1) is 6.92 Å². The van der Waals surface area contributed by atoms with Crippen molar-refractivity contribution < 1.29 is 4.74 Å². The van der Waals surface area contributed by atoms with E-state index in [1.165, 1.54) is 5.56 Å². The normalized spacial score (nSPS) is 11.5. The van der Waals surface area contributed by atoms with Crippen molar-refractivity contribution in [2.45, 2.75) is 13.5 Å². The number of hydrogen-bond donors (Lipinski definition) is 2. The molecule has 88 valence electrons. The van der Waals surface area contributed by atoms with Crippen molar-refractivity contribution in [3.05, 3.63) is 35.4 Å². The highest BCUT2D eigenvalue weighted by molar-refractivity contribution is 5.77. The standard InChI is InChI=1S/C12H19N3O/c1-10-4-3-5-11(8-10)9-15-12(13)14-6-7-16-2/h3-5,8H,6-7,9H2,1-2H3,(H3,13,14,15). The van der Waals surface area contributed by atoms with E-state index in [4.69, 9.17) is 10.5 Å². The van der Waals surface area contributed by atoms with Gasteiger partial charge in [-0.25, -0.2) is 4.99 Å². The Morgan fingerprint density at radius 3 is 3.00 bits per heavy atom. The molecule has 0 aliphatic rings. The number of nitrogens with one attached hydrogen (secondary N) is 1. The van der Waals surface area contributed by atoms with Crippen LogP contribution in [0.1, 0.15) is 11.1 Å². The highest BCUT2D eigenvalue weighted by atomic mass is 16.5. The first kappa shape index (κ1) is 12.5. The molecule has 1 rings (SSSR count). The molecule has 0 amide bonds. The van der Waals surface area contributed by atoms with Gasteiger partial charge in [0.15, 0.2) is 5.96 Å². The molecule has 1 aromatic rings. The van der Waals surface area contributed by atoms with E-state index in [2.05, 4.69) is 29.4 Å². The fourth-order valence-corrected chi connectivity index (χ4v) is 1.32. The van der Waals surface area contributed by atoms with E-state index >= 15 is 0 Å². The first-order valence-corrected chi connectivity index (χ1v) is 5.30. The third-order valence-electron chi connectivity index (χ3n) is 2.13. The van der Waals surface area contributed by atoms with Crippen molar-refractivity contribution in [1.29, 1.82) is 0 Å². The molecular formula is C12H19N3O. The third kappa shape index (κ3) is 4.79. The van der Waals surface area contributed by atoms with Crippen molar-refractivity contribution in [2.75, 3.05) is 20.3 Å². The fourth-order valence-electron chi connectivity index (χ4n) is 1.32. The van der Waals surface area contributed by atoms with Gasteiger partial charge in [-0.2, -0.15) is 0 Å². The number of nitrogens with zero attached hydrogens (tertiary/aromatic N) is 1. The minimum absolute atomic E-state index is 0.457. The molecule has 0 aliphatic heterocycles. The Labute approximate surface area is 96.5 Å². The molecular weight excluding hydrogens is 202 g/mol. The number of ether oxygens (including phenoxy) is 1. The highest BCUT2D eigenvalue weighted by Gasteiger charge is 1.93. The molecule has 0 saturated carbocycles. The number of aryl methyl sites for hydroxylation is 1. The molecule has 0 spiro atoms. The van der Waals surface area contributed by atoms with Crippen LogP contribution in [0.25, 0.3) is 0 Å². The maximum absolute atomic E-state index is 5.68. The van der Waals surface area contributed by atoms with Crippen LogP contribution >= 0.6 is 0 Å². The van der Waals surface area contributed by atoms with Gasteiger partial charge in [0.25, 0.3) is 0 Å². The second-order valence-electron chi connectivity index (χ2n) is 3.61. The topological polar surface area (TPSA) is 59.6 Å². The Balaban J connectivity index is 2.40. The smallest absolute Gasteiger partial charge is 0.188 e. The van der Waals surface area contributed by atoms with Crippen molar-refractivity contribution >= 4 is 5.96 Å². The van der Waals surface area contributed by atoms with Crippen molar-refractivity contribution in [3.63, 3.8) is 0 Å². The molecule has 0 aromatic heterocycles. The summed E-state index contributed by atoms with van der Waals surface area (Å²) < 4.78 is 4.90. The molecule has 0 atom stereocenters. The second-order valence-corrected chi connectivity index (χ2v) is 3.61. The van der Waals surface area contributed by atoms with Crippen molar-refractivity contribution in [2.24, 2.45) is 10.7 Å². The molecule has 3 N–H and O–H groups in total. The maximum atomic E-state index is 5.68. The van der Waals surface area contributed by atoms with Gasteiger partial charge < -0.3 is 15.8 Å². The summed E-state index contributed by atoms with van der Waals surface area (Å²) in [5.74, 6) is 0.457. The van der Waals surface area contributed by atoms with E-state index in [1.54, 1.807) is 7.11 Å². The van der Waals surface area contributed by atoms with Gasteiger partial charge in [-0.3, -0.25) is 0 Å². The zero-order valence-corrected chi connectivity index (χ0v) is 9.86. The molecule has 16 heavy (non-hydrogen) atoms. The number of aliphatic imine (C=N–C) groups is 1. The van der Waals surface area contributed by atoms with Gasteiger partial charge in [-0.1, -0.05) is 29.8 Å². The summed E-state index contributed by atoms with van der Waals surface area (Å²) in [6, 6.07) is 8.23. The fraction of sp³-hybridized carbons (Fsp3) is 0.417. The van der Waals surface area contributed by atoms with E-state index in [1.807, 2.05) is 12.1 Å². The van der Waals surface area contributed by atoms with E-state index < -0.39 is 0 Å². The molecule has 0 unspecified atom stereocenters. The van der Waals surface area contributed by atoms with Crippen LogP contribution in [0.15, 0.2) is 29.3 Å². The zero-order chi connectivity index (χ0) is 11.8. The lowest BCUT2D eigenvalue weighted by atomic mass is 10.1. The SMILES string of the molecule is COCCNC(N)=NCc1cccc(C)c1. The zero-order valence-electron chi connectivity index (χ0n) is 9.86. The van der Waals surface area contributed by atoms with E-state index in [9.17, 15) is 0 Å². The van der Waals surface area contributed by atoms with Gasteiger partial charge in [-0.05, 0) is 12.5 Å². The Bertz CT molecular complexity index is 350. The molecule has 4 nitrogen and oxygen atoms in total. The Morgan fingerprint density at radius 1 is 1.50 bits per heavy atom. The number of methoxy groups -OCH3 is 1. The number of rotatable bonds is 5. The average Bonchev–Trinajstić information content (AvgIpc) is 2.27. The summed E-state index contributed by atoms with van der Waals surface area (Å²) in [5, 5.41) is 2.97. The largest absolute Gasteiger partial charge is 0.383 e. The van der Waals surface area contributed by atoms with Gasteiger partial charge in [0.05, 0.1) is 13.2 Å². The lowest BCUT2D eigenvalue weighted by molar-refractivity contribution is 0.204. The van der Waals surface area contributed by atoms with Crippen LogP contribution < -0.4 is 11.1 Å². The van der Waals surface area contributed by atoms with Crippen molar-refractivity contribution in [1.82, 2.24) is 5.32 Å². The number of nitrogens with two attached hydrogens (primary N) is 1. The first-order valence-electron chi connectivity index (χ1n) is 5.30. The van der Waals surface area contributed by atoms with Gasteiger partial charge in [0, 0.05) is 13.7 Å². The summed E-state index contributed by atoms with van der Waals surface area (Å²) in [6.45, 7) is 3.97. The molecule has 0 radical (unpaired) electrons. The summed E-state index contributed by atoms with van der Waals surface area (Å²) >= 11 is 0. The van der Waals surface area contributed by atoms with Crippen molar-refractivity contribution in [3.8, 4) is 0 Å². The molecule has 0 bridgehead atoms. The van der Waals surface area contributed by atoms with Crippen LogP contribution in [0.5, 0.6) is 0 Å². The quantitative estimate of drug-likeness (QED) is 0.444. The minimum Gasteiger partial charge on any atom is -0.383 e. The van der Waals surface area contributed by atoms with Gasteiger partial charge in [0.1, 0.15) is 0 Å². The highest BCUT2D eigenvalue weighted by Crippen LogP contribution is 2.04. The van der Waals surface area contributed by atoms with Crippen LogP contribution in [0.4, 0.5) is 0 Å². The number of guanidine groups is 1. The summed E-state index contributed by atoms with van der Waals surface area (Å²) in [5.41, 5.74) is 8.08. The van der Waals surface area contributed by atoms with Gasteiger partial charge >= 0.3 is 0 Å². The van der Waals surface area contributed by atoms with E-state index in [0.717, 1.165) is 5.56 Å². The Morgan fingerprint density at radius 2 is 2.31 bits per heavy atom. The van der Waals surface area contributed by atoms with Crippen LogP contribution in [0.3, 0.4) is 0 Å². The predicted octanol–water partition coefficient (Wildman–Crippen LogP) is 1.05. The predicted molar refractivity (Wildman–Crippen MR) is 66.4 cm³/mol. The lowest BCUT2D eigenvalue weighted by Gasteiger charge is -2.04. The van der Waals surface area contributed by atoms with Gasteiger partial charge in [-0.15, -0.1) is 0 Å². The van der Waals surface area contributed by atoms with E-state index in [0.29, 0.717) is 25.7 Å². The Kier molecular flexibility index (Phi) is 5.36. The van der Waals surface area contributed by atoms with Crippen LogP contribution in [-0.4, -0.2) is 26.2 Å². The minimum atomic E-state index is 0.457. The van der Waals surface area contributed by atoms with E-state index in [-0.39, 0.29) is 0 Å². The average molecular weight is 221 g/mol. The Hall–Kier alpha value is -1.55. The molecule has 0 aliphatic carbocycles.